The molecule has 28 heavy (non-hydrogen) atoms. The molecule has 0 aliphatic carbocycles. The van der Waals surface area contributed by atoms with Crippen LogP contribution in [0.2, 0.25) is 5.02 Å². The first-order chi connectivity index (χ1) is 13.1. The van der Waals surface area contributed by atoms with Gasteiger partial charge in [0.1, 0.15) is 0 Å². The molecule has 0 bridgehead atoms. The molecule has 0 spiro atoms. The van der Waals surface area contributed by atoms with Crippen molar-refractivity contribution in [3.63, 3.8) is 0 Å². The Kier molecular flexibility index (Phi) is 7.30. The van der Waals surface area contributed by atoms with Crippen LogP contribution in [-0.2, 0) is 12.6 Å². The second-order valence-corrected chi connectivity index (χ2v) is 7.09. The summed E-state index contributed by atoms with van der Waals surface area (Å²) in [6.07, 6.45) is -0.705. The standard InChI is InChI=1S/C22H23ClF3NO/c1-4-5-6-7-17-12-16(15(3)28)8-10-19(17)14(2)27-18-9-11-21(23)20(13-18)22(24,25)26/h8-13,27H,2,4-7H2,1,3H3. The fraction of sp³-hybridized carbons (Fsp3) is 0.318. The molecule has 0 radical (unpaired) electrons. The number of hydrogen-bond acceptors (Lipinski definition) is 2. The molecule has 2 nitrogen and oxygen atoms in total. The molecular formula is C22H23ClF3NO. The van der Waals surface area contributed by atoms with Crippen molar-refractivity contribution in [2.24, 2.45) is 0 Å². The summed E-state index contributed by atoms with van der Waals surface area (Å²) in [7, 11) is 0. The fourth-order valence-electron chi connectivity index (χ4n) is 2.94. The van der Waals surface area contributed by atoms with Gasteiger partial charge in [-0.1, -0.05) is 50.1 Å². The second-order valence-electron chi connectivity index (χ2n) is 6.68. The summed E-state index contributed by atoms with van der Waals surface area (Å²) < 4.78 is 39.2. The van der Waals surface area contributed by atoms with Crippen molar-refractivity contribution in [3.8, 4) is 0 Å². The van der Waals surface area contributed by atoms with E-state index in [4.69, 9.17) is 11.6 Å². The summed E-state index contributed by atoms with van der Waals surface area (Å²) in [5.41, 5.74) is 2.15. The minimum Gasteiger partial charge on any atom is -0.355 e. The van der Waals surface area contributed by atoms with Gasteiger partial charge in [0, 0.05) is 22.5 Å². The van der Waals surface area contributed by atoms with E-state index >= 15 is 0 Å². The highest BCUT2D eigenvalue weighted by atomic mass is 35.5. The van der Waals surface area contributed by atoms with E-state index in [1.165, 1.54) is 19.1 Å². The molecular weight excluding hydrogens is 387 g/mol. The molecule has 0 aliphatic heterocycles. The minimum atomic E-state index is -4.54. The highest BCUT2D eigenvalue weighted by molar-refractivity contribution is 6.31. The van der Waals surface area contributed by atoms with E-state index in [0.717, 1.165) is 42.9 Å². The van der Waals surface area contributed by atoms with Gasteiger partial charge >= 0.3 is 6.18 Å². The van der Waals surface area contributed by atoms with Crippen molar-refractivity contribution >= 4 is 28.8 Å². The third kappa shape index (κ3) is 5.61. The number of Topliss-reactive ketones (excluding diaryl/α,β-unsaturated/α-hetero) is 1. The maximum absolute atomic E-state index is 13.1. The van der Waals surface area contributed by atoms with Crippen LogP contribution >= 0.6 is 11.6 Å². The quantitative estimate of drug-likeness (QED) is 0.364. The first kappa shape index (κ1) is 22.0. The Morgan fingerprint density at radius 1 is 1.14 bits per heavy atom. The lowest BCUT2D eigenvalue weighted by Crippen LogP contribution is -2.08. The van der Waals surface area contributed by atoms with Crippen molar-refractivity contribution in [1.82, 2.24) is 0 Å². The van der Waals surface area contributed by atoms with Gasteiger partial charge in [-0.25, -0.2) is 0 Å². The van der Waals surface area contributed by atoms with Gasteiger partial charge in [-0.15, -0.1) is 0 Å². The summed E-state index contributed by atoms with van der Waals surface area (Å²) in [6.45, 7) is 7.60. The number of unbranched alkanes of at least 4 members (excludes halogenated alkanes) is 2. The van der Waals surface area contributed by atoms with E-state index in [0.29, 0.717) is 11.3 Å². The summed E-state index contributed by atoms with van der Waals surface area (Å²) in [5.74, 6) is -0.0330. The number of aryl methyl sites for hydroxylation is 1. The number of ketones is 1. The predicted molar refractivity (Wildman–Crippen MR) is 109 cm³/mol. The number of halogens is 4. The highest BCUT2D eigenvalue weighted by Crippen LogP contribution is 2.36. The molecule has 1 N–H and O–H groups in total. The Balaban J connectivity index is 2.31. The monoisotopic (exact) mass is 409 g/mol. The molecule has 0 aromatic heterocycles. The van der Waals surface area contributed by atoms with Gasteiger partial charge in [0.2, 0.25) is 0 Å². The van der Waals surface area contributed by atoms with Crippen molar-refractivity contribution in [2.45, 2.75) is 45.7 Å². The first-order valence-electron chi connectivity index (χ1n) is 9.10. The van der Waals surface area contributed by atoms with E-state index in [1.54, 1.807) is 12.1 Å². The van der Waals surface area contributed by atoms with E-state index < -0.39 is 11.7 Å². The Hall–Kier alpha value is -2.27. The lowest BCUT2D eigenvalue weighted by Gasteiger charge is -2.17. The van der Waals surface area contributed by atoms with Crippen molar-refractivity contribution in [3.05, 3.63) is 70.3 Å². The molecule has 0 saturated carbocycles. The van der Waals surface area contributed by atoms with Gasteiger partial charge in [-0.2, -0.15) is 13.2 Å². The Morgan fingerprint density at radius 2 is 1.86 bits per heavy atom. The molecule has 2 aromatic carbocycles. The number of carbonyl (C=O) groups excluding carboxylic acids is 1. The van der Waals surface area contributed by atoms with Crippen LogP contribution in [0.5, 0.6) is 0 Å². The van der Waals surface area contributed by atoms with Gasteiger partial charge in [0.15, 0.2) is 5.78 Å². The minimum absolute atomic E-state index is 0.0330. The maximum atomic E-state index is 13.1. The molecule has 0 unspecified atom stereocenters. The number of benzene rings is 2. The van der Waals surface area contributed by atoms with Crippen molar-refractivity contribution < 1.29 is 18.0 Å². The summed E-state index contributed by atoms with van der Waals surface area (Å²) in [4.78, 5) is 11.7. The number of carbonyl (C=O) groups is 1. The van der Waals surface area contributed by atoms with Gasteiger partial charge in [0.25, 0.3) is 0 Å². The van der Waals surface area contributed by atoms with Crippen LogP contribution in [-0.4, -0.2) is 5.78 Å². The zero-order chi connectivity index (χ0) is 20.9. The average molecular weight is 410 g/mol. The highest BCUT2D eigenvalue weighted by Gasteiger charge is 2.33. The zero-order valence-corrected chi connectivity index (χ0v) is 16.7. The summed E-state index contributed by atoms with van der Waals surface area (Å²) >= 11 is 5.68. The SMILES string of the molecule is C=C(Nc1ccc(Cl)c(C(F)(F)F)c1)c1ccc(C(C)=O)cc1CCCCC. The normalized spacial score (nSPS) is 11.4. The third-order valence-corrected chi connectivity index (χ3v) is 4.78. The molecule has 0 amide bonds. The van der Waals surface area contributed by atoms with Gasteiger partial charge < -0.3 is 5.32 Å². The van der Waals surface area contributed by atoms with Gasteiger partial charge in [0.05, 0.1) is 10.6 Å². The van der Waals surface area contributed by atoms with Crippen LogP contribution in [0.3, 0.4) is 0 Å². The first-order valence-corrected chi connectivity index (χ1v) is 9.48. The molecule has 0 atom stereocenters. The Bertz CT molecular complexity index is 875. The number of rotatable bonds is 8. The number of hydrogen-bond donors (Lipinski definition) is 1. The van der Waals surface area contributed by atoms with E-state index in [9.17, 15) is 18.0 Å². The second kappa shape index (κ2) is 9.28. The van der Waals surface area contributed by atoms with E-state index in [-0.39, 0.29) is 16.5 Å². The number of nitrogens with one attached hydrogen (secondary N) is 1. The van der Waals surface area contributed by atoms with Crippen LogP contribution in [0.1, 0.15) is 60.2 Å². The largest absolute Gasteiger partial charge is 0.417 e. The van der Waals surface area contributed by atoms with E-state index in [1.807, 2.05) is 6.07 Å². The van der Waals surface area contributed by atoms with Crippen molar-refractivity contribution in [2.75, 3.05) is 5.32 Å². The summed E-state index contributed by atoms with van der Waals surface area (Å²) in [5, 5.41) is 2.59. The summed E-state index contributed by atoms with van der Waals surface area (Å²) in [6, 6.07) is 8.98. The van der Waals surface area contributed by atoms with Crippen LogP contribution in [0.4, 0.5) is 18.9 Å². The van der Waals surface area contributed by atoms with Gasteiger partial charge in [-0.3, -0.25) is 4.79 Å². The Labute approximate surface area is 168 Å². The van der Waals surface area contributed by atoms with Crippen LogP contribution < -0.4 is 5.32 Å². The van der Waals surface area contributed by atoms with Crippen LogP contribution in [0.25, 0.3) is 5.70 Å². The van der Waals surface area contributed by atoms with Crippen LogP contribution in [0.15, 0.2) is 43.0 Å². The molecule has 2 rings (SSSR count). The zero-order valence-electron chi connectivity index (χ0n) is 15.9. The lowest BCUT2D eigenvalue weighted by atomic mass is 9.96. The molecule has 150 valence electrons. The molecule has 6 heteroatoms. The molecule has 0 fully saturated rings. The Morgan fingerprint density at radius 3 is 2.46 bits per heavy atom. The van der Waals surface area contributed by atoms with Gasteiger partial charge in [-0.05, 0) is 49.6 Å². The maximum Gasteiger partial charge on any atom is 0.417 e. The predicted octanol–water partition coefficient (Wildman–Crippen LogP) is 7.38. The third-order valence-electron chi connectivity index (χ3n) is 4.45. The topological polar surface area (TPSA) is 29.1 Å². The molecule has 0 heterocycles. The average Bonchev–Trinajstić information content (AvgIpc) is 2.62. The van der Waals surface area contributed by atoms with Crippen molar-refractivity contribution in [1.29, 1.82) is 0 Å². The van der Waals surface area contributed by atoms with E-state index in [2.05, 4.69) is 18.8 Å². The lowest BCUT2D eigenvalue weighted by molar-refractivity contribution is -0.137. The molecule has 0 aliphatic rings. The number of anilines is 1. The molecule has 2 aromatic rings. The fourth-order valence-corrected chi connectivity index (χ4v) is 3.17. The van der Waals surface area contributed by atoms with Crippen LogP contribution in [0, 0.1) is 0 Å². The number of alkyl halides is 3. The smallest absolute Gasteiger partial charge is 0.355 e. The molecule has 0 saturated heterocycles.